The number of hydrogen-bond donors (Lipinski definition) is 0. The standard InChI is InChI=1S/C25H22BrClN2O5S/c1-5-34-24(31)20-13(2)28-25-29(21(20)15-8-6-7-9-17(15)27)23(30)19(35-25)12-14-10-16(26)22(33-4)18(11-14)32-3/h6-12,21H,5H2,1-4H3/b19-12-. The molecule has 1 aromatic heterocycles. The molecule has 0 N–H and O–H groups in total. The Morgan fingerprint density at radius 2 is 2.00 bits per heavy atom. The topological polar surface area (TPSA) is 79.1 Å². The van der Waals surface area contributed by atoms with Crippen LogP contribution < -0.4 is 24.4 Å². The largest absolute Gasteiger partial charge is 0.493 e. The van der Waals surface area contributed by atoms with Crippen molar-refractivity contribution < 1.29 is 19.0 Å². The zero-order valence-corrected chi connectivity index (χ0v) is 22.6. The highest BCUT2D eigenvalue weighted by Gasteiger charge is 2.34. The highest BCUT2D eigenvalue weighted by atomic mass is 79.9. The van der Waals surface area contributed by atoms with E-state index in [-0.39, 0.29) is 17.7 Å². The number of halogens is 2. The second kappa shape index (κ2) is 10.4. The lowest BCUT2D eigenvalue weighted by molar-refractivity contribution is -0.139. The first-order valence-electron chi connectivity index (χ1n) is 10.7. The Labute approximate surface area is 219 Å². The van der Waals surface area contributed by atoms with Gasteiger partial charge in [-0.1, -0.05) is 41.1 Å². The molecular weight excluding hydrogens is 556 g/mol. The number of carbonyl (C=O) groups is 1. The Kier molecular flexibility index (Phi) is 7.49. The molecule has 4 rings (SSSR count). The van der Waals surface area contributed by atoms with Crippen LogP contribution >= 0.6 is 38.9 Å². The second-order valence-corrected chi connectivity index (χ2v) is 9.83. The molecule has 35 heavy (non-hydrogen) atoms. The fourth-order valence-electron chi connectivity index (χ4n) is 3.96. The summed E-state index contributed by atoms with van der Waals surface area (Å²) >= 11 is 11.2. The van der Waals surface area contributed by atoms with Crippen LogP contribution in [0.4, 0.5) is 0 Å². The minimum atomic E-state index is -0.765. The lowest BCUT2D eigenvalue weighted by atomic mass is 9.96. The molecule has 2 heterocycles. The van der Waals surface area contributed by atoms with E-state index in [1.807, 2.05) is 12.1 Å². The number of nitrogens with zero attached hydrogens (tertiary/aromatic N) is 2. The van der Waals surface area contributed by atoms with Gasteiger partial charge in [-0.25, -0.2) is 9.79 Å². The third kappa shape index (κ3) is 4.68. The maximum atomic E-state index is 13.7. The Bertz CT molecular complexity index is 1530. The van der Waals surface area contributed by atoms with Gasteiger partial charge >= 0.3 is 5.97 Å². The Balaban J connectivity index is 1.96. The fourth-order valence-corrected chi connectivity index (χ4v) is 5.86. The summed E-state index contributed by atoms with van der Waals surface area (Å²) in [5.74, 6) is 0.548. The van der Waals surface area contributed by atoms with Crippen molar-refractivity contribution in [2.24, 2.45) is 4.99 Å². The van der Waals surface area contributed by atoms with E-state index in [0.717, 1.165) is 5.56 Å². The van der Waals surface area contributed by atoms with Crippen molar-refractivity contribution in [1.82, 2.24) is 4.57 Å². The average Bonchev–Trinajstić information content (AvgIpc) is 3.12. The molecule has 7 nitrogen and oxygen atoms in total. The third-order valence-electron chi connectivity index (χ3n) is 5.47. The van der Waals surface area contributed by atoms with Crippen LogP contribution in [0.2, 0.25) is 5.02 Å². The molecule has 0 bridgehead atoms. The van der Waals surface area contributed by atoms with Crippen molar-refractivity contribution in [2.45, 2.75) is 19.9 Å². The van der Waals surface area contributed by atoms with Gasteiger partial charge in [-0.3, -0.25) is 9.36 Å². The first-order chi connectivity index (χ1) is 16.8. The Morgan fingerprint density at radius 3 is 2.66 bits per heavy atom. The molecule has 2 aromatic carbocycles. The van der Waals surface area contributed by atoms with E-state index in [1.165, 1.54) is 15.9 Å². The van der Waals surface area contributed by atoms with Crippen LogP contribution in [-0.2, 0) is 9.53 Å². The summed E-state index contributed by atoms with van der Waals surface area (Å²) in [6.45, 7) is 3.66. The van der Waals surface area contributed by atoms with Crippen molar-refractivity contribution in [1.29, 1.82) is 0 Å². The van der Waals surface area contributed by atoms with Gasteiger partial charge in [0.2, 0.25) is 0 Å². The van der Waals surface area contributed by atoms with Crippen LogP contribution in [-0.4, -0.2) is 31.4 Å². The molecule has 0 saturated carbocycles. The molecule has 1 aliphatic heterocycles. The molecule has 0 aliphatic carbocycles. The molecule has 3 aromatic rings. The molecule has 1 aliphatic rings. The summed E-state index contributed by atoms with van der Waals surface area (Å²) in [5, 5.41) is 0.437. The van der Waals surface area contributed by atoms with E-state index in [0.29, 0.717) is 41.6 Å². The minimum Gasteiger partial charge on any atom is -0.493 e. The molecule has 182 valence electrons. The van der Waals surface area contributed by atoms with Gasteiger partial charge in [0.15, 0.2) is 16.3 Å². The zero-order valence-electron chi connectivity index (χ0n) is 19.4. The number of esters is 1. The summed E-state index contributed by atoms with van der Waals surface area (Å²) in [6.07, 6.45) is 1.75. The Hall–Kier alpha value is -2.88. The number of ether oxygens (including phenoxy) is 3. The molecule has 0 radical (unpaired) electrons. The number of rotatable bonds is 6. The van der Waals surface area contributed by atoms with Crippen LogP contribution in [0, 0.1) is 0 Å². The number of aromatic nitrogens is 1. The van der Waals surface area contributed by atoms with Crippen LogP contribution in [0.25, 0.3) is 6.08 Å². The van der Waals surface area contributed by atoms with E-state index in [1.54, 1.807) is 58.4 Å². The maximum absolute atomic E-state index is 13.7. The summed E-state index contributed by atoms with van der Waals surface area (Å²) in [7, 11) is 3.10. The number of thiazole rings is 1. The number of methoxy groups -OCH3 is 2. The molecule has 10 heteroatoms. The predicted molar refractivity (Wildman–Crippen MR) is 139 cm³/mol. The number of allylic oxidation sites excluding steroid dienone is 1. The highest BCUT2D eigenvalue weighted by molar-refractivity contribution is 9.10. The number of benzene rings is 2. The van der Waals surface area contributed by atoms with E-state index >= 15 is 0 Å². The normalized spacial score (nSPS) is 15.5. The summed E-state index contributed by atoms with van der Waals surface area (Å²) in [6, 6.07) is 9.99. The van der Waals surface area contributed by atoms with Gasteiger partial charge in [-0.2, -0.15) is 0 Å². The van der Waals surface area contributed by atoms with Crippen molar-refractivity contribution >= 4 is 50.9 Å². The van der Waals surface area contributed by atoms with Gasteiger partial charge in [0.1, 0.15) is 6.04 Å². The van der Waals surface area contributed by atoms with Crippen molar-refractivity contribution in [3.63, 3.8) is 0 Å². The maximum Gasteiger partial charge on any atom is 0.338 e. The van der Waals surface area contributed by atoms with Gasteiger partial charge in [0.25, 0.3) is 5.56 Å². The predicted octanol–water partition coefficient (Wildman–Crippen LogP) is 4.23. The van der Waals surface area contributed by atoms with Crippen molar-refractivity contribution in [3.8, 4) is 11.5 Å². The van der Waals surface area contributed by atoms with Crippen LogP contribution in [0.15, 0.2) is 61.9 Å². The fraction of sp³-hybridized carbons (Fsp3) is 0.240. The number of carbonyl (C=O) groups excluding carboxylic acids is 1. The lowest BCUT2D eigenvalue weighted by Crippen LogP contribution is -2.40. The van der Waals surface area contributed by atoms with Crippen LogP contribution in [0.1, 0.15) is 31.0 Å². The summed E-state index contributed by atoms with van der Waals surface area (Å²) in [5.41, 5.74) is 1.82. The quantitative estimate of drug-likeness (QED) is 0.410. The van der Waals surface area contributed by atoms with E-state index < -0.39 is 12.0 Å². The molecule has 1 unspecified atom stereocenters. The van der Waals surface area contributed by atoms with Gasteiger partial charge in [-0.05, 0) is 65.2 Å². The molecule has 0 amide bonds. The van der Waals surface area contributed by atoms with Gasteiger partial charge < -0.3 is 14.2 Å². The second-order valence-electron chi connectivity index (χ2n) is 7.56. The summed E-state index contributed by atoms with van der Waals surface area (Å²) in [4.78, 5) is 31.7. The average molecular weight is 578 g/mol. The van der Waals surface area contributed by atoms with E-state index in [2.05, 4.69) is 20.9 Å². The molecule has 1 atom stereocenters. The van der Waals surface area contributed by atoms with Crippen molar-refractivity contribution in [2.75, 3.05) is 20.8 Å². The van der Waals surface area contributed by atoms with Gasteiger partial charge in [0, 0.05) is 5.02 Å². The van der Waals surface area contributed by atoms with Gasteiger partial charge in [-0.15, -0.1) is 0 Å². The van der Waals surface area contributed by atoms with E-state index in [4.69, 9.17) is 25.8 Å². The zero-order chi connectivity index (χ0) is 25.3. The Morgan fingerprint density at radius 1 is 1.26 bits per heavy atom. The minimum absolute atomic E-state index is 0.198. The first-order valence-corrected chi connectivity index (χ1v) is 12.6. The SMILES string of the molecule is CCOC(=O)C1=C(C)N=c2s/c(=C\c3cc(Br)c(OC)c(OC)c3)c(=O)n2C1c1ccccc1Cl. The molecule has 0 spiro atoms. The molecule has 0 fully saturated rings. The van der Waals surface area contributed by atoms with Gasteiger partial charge in [0.05, 0.1) is 41.1 Å². The highest BCUT2D eigenvalue weighted by Crippen LogP contribution is 2.37. The molecular formula is C25H22BrClN2O5S. The number of hydrogen-bond acceptors (Lipinski definition) is 7. The lowest BCUT2D eigenvalue weighted by Gasteiger charge is -2.25. The summed E-state index contributed by atoms with van der Waals surface area (Å²) < 4.78 is 18.8. The monoisotopic (exact) mass is 576 g/mol. The first kappa shape index (κ1) is 25.2. The molecule has 0 saturated heterocycles. The van der Waals surface area contributed by atoms with Crippen molar-refractivity contribution in [3.05, 3.63) is 88.0 Å². The van der Waals surface area contributed by atoms with Crippen LogP contribution in [0.3, 0.4) is 0 Å². The third-order valence-corrected chi connectivity index (χ3v) is 7.39. The smallest absolute Gasteiger partial charge is 0.338 e. The van der Waals surface area contributed by atoms with E-state index in [9.17, 15) is 9.59 Å². The van der Waals surface area contributed by atoms with Crippen LogP contribution in [0.5, 0.6) is 11.5 Å². The number of fused-ring (bicyclic) bond motifs is 1.